The van der Waals surface area contributed by atoms with Crippen molar-refractivity contribution in [2.24, 2.45) is 17.0 Å². The summed E-state index contributed by atoms with van der Waals surface area (Å²) in [5, 5.41) is 27.6. The number of rotatable bonds is 5. The molecule has 21 heavy (non-hydrogen) atoms. The van der Waals surface area contributed by atoms with Gasteiger partial charge in [0, 0.05) is 18.5 Å². The molecule has 1 aliphatic carbocycles. The fourth-order valence-corrected chi connectivity index (χ4v) is 2.78. The minimum absolute atomic E-state index is 0.0662. The summed E-state index contributed by atoms with van der Waals surface area (Å²) in [6, 6.07) is 5.67. The SMILES string of the molecule is N#CC1CC(CNc2ccc(S(N)(=O)=O)cc2[N+](=O)[O-])C1. The van der Waals surface area contributed by atoms with E-state index in [2.05, 4.69) is 11.4 Å². The van der Waals surface area contributed by atoms with Crippen LogP contribution in [0.15, 0.2) is 23.1 Å². The van der Waals surface area contributed by atoms with Gasteiger partial charge >= 0.3 is 0 Å². The molecule has 0 unspecified atom stereocenters. The zero-order valence-corrected chi connectivity index (χ0v) is 11.8. The Morgan fingerprint density at radius 2 is 2.14 bits per heavy atom. The molecule has 0 radical (unpaired) electrons. The van der Waals surface area contributed by atoms with E-state index < -0.39 is 14.9 Å². The maximum absolute atomic E-state index is 11.2. The summed E-state index contributed by atoms with van der Waals surface area (Å²) in [7, 11) is -3.98. The highest BCUT2D eigenvalue weighted by molar-refractivity contribution is 7.89. The maximum atomic E-state index is 11.2. The van der Waals surface area contributed by atoms with Gasteiger partial charge in [-0.15, -0.1) is 0 Å². The van der Waals surface area contributed by atoms with Crippen LogP contribution in [0.3, 0.4) is 0 Å². The number of nitrogens with zero attached hydrogens (tertiary/aromatic N) is 2. The van der Waals surface area contributed by atoms with Crippen molar-refractivity contribution < 1.29 is 13.3 Å². The molecule has 1 saturated carbocycles. The van der Waals surface area contributed by atoms with Crippen LogP contribution in [0.4, 0.5) is 11.4 Å². The molecule has 0 aromatic heterocycles. The molecule has 0 spiro atoms. The van der Waals surface area contributed by atoms with Crippen LogP contribution in [0, 0.1) is 33.3 Å². The monoisotopic (exact) mass is 310 g/mol. The molecule has 1 fully saturated rings. The Balaban J connectivity index is 2.13. The number of anilines is 1. The zero-order valence-electron chi connectivity index (χ0n) is 11.0. The predicted molar refractivity (Wildman–Crippen MR) is 74.8 cm³/mol. The van der Waals surface area contributed by atoms with Gasteiger partial charge in [0.2, 0.25) is 10.0 Å². The summed E-state index contributed by atoms with van der Waals surface area (Å²) in [4.78, 5) is 10.1. The minimum atomic E-state index is -3.98. The van der Waals surface area contributed by atoms with Gasteiger partial charge in [-0.05, 0) is 30.9 Å². The molecule has 0 amide bonds. The second kappa shape index (κ2) is 5.67. The van der Waals surface area contributed by atoms with Crippen molar-refractivity contribution in [2.45, 2.75) is 17.7 Å². The van der Waals surface area contributed by atoms with Gasteiger partial charge in [0.25, 0.3) is 5.69 Å². The van der Waals surface area contributed by atoms with Gasteiger partial charge in [0.1, 0.15) is 5.69 Å². The third-order valence-corrected chi connectivity index (χ3v) is 4.40. The van der Waals surface area contributed by atoms with Crippen LogP contribution < -0.4 is 10.5 Å². The highest BCUT2D eigenvalue weighted by Crippen LogP contribution is 2.34. The van der Waals surface area contributed by atoms with Gasteiger partial charge in [-0.3, -0.25) is 10.1 Å². The second-order valence-electron chi connectivity index (χ2n) is 5.03. The predicted octanol–water partition coefficient (Wildman–Crippen LogP) is 1.20. The number of nitrogens with two attached hydrogens (primary N) is 1. The number of nitrogens with one attached hydrogen (secondary N) is 1. The lowest BCUT2D eigenvalue weighted by atomic mass is 9.76. The van der Waals surface area contributed by atoms with E-state index >= 15 is 0 Å². The van der Waals surface area contributed by atoms with Crippen molar-refractivity contribution in [1.82, 2.24) is 0 Å². The van der Waals surface area contributed by atoms with Crippen LogP contribution >= 0.6 is 0 Å². The number of nitro benzene ring substituents is 1. The fraction of sp³-hybridized carbons (Fsp3) is 0.417. The molecule has 1 aromatic carbocycles. The highest BCUT2D eigenvalue weighted by Gasteiger charge is 2.29. The average molecular weight is 310 g/mol. The van der Waals surface area contributed by atoms with E-state index in [0.717, 1.165) is 18.9 Å². The van der Waals surface area contributed by atoms with Crippen molar-refractivity contribution in [2.75, 3.05) is 11.9 Å². The first-order chi connectivity index (χ1) is 9.81. The van der Waals surface area contributed by atoms with Gasteiger partial charge in [0.05, 0.1) is 15.9 Å². The van der Waals surface area contributed by atoms with Crippen molar-refractivity contribution in [3.63, 3.8) is 0 Å². The molecule has 112 valence electrons. The summed E-state index contributed by atoms with van der Waals surface area (Å²) in [6.07, 6.45) is 1.54. The van der Waals surface area contributed by atoms with E-state index in [4.69, 9.17) is 10.4 Å². The second-order valence-corrected chi connectivity index (χ2v) is 6.59. The van der Waals surface area contributed by atoms with Crippen LogP contribution in [0.25, 0.3) is 0 Å². The summed E-state index contributed by atoms with van der Waals surface area (Å²) in [5.41, 5.74) is -0.0921. The normalized spacial score (nSPS) is 21.1. The van der Waals surface area contributed by atoms with Crippen molar-refractivity contribution in [1.29, 1.82) is 5.26 Å². The van der Waals surface area contributed by atoms with Crippen LogP contribution in [-0.4, -0.2) is 19.9 Å². The Morgan fingerprint density at radius 1 is 1.48 bits per heavy atom. The van der Waals surface area contributed by atoms with E-state index in [1.54, 1.807) is 0 Å². The van der Waals surface area contributed by atoms with E-state index in [1.165, 1.54) is 12.1 Å². The van der Waals surface area contributed by atoms with Crippen molar-refractivity contribution in [3.8, 4) is 6.07 Å². The smallest absolute Gasteiger partial charge is 0.293 e. The van der Waals surface area contributed by atoms with Crippen LogP contribution in [-0.2, 0) is 10.0 Å². The first kappa shape index (κ1) is 15.2. The average Bonchev–Trinajstić information content (AvgIpc) is 2.35. The number of primary sulfonamides is 1. The lowest BCUT2D eigenvalue weighted by Gasteiger charge is -2.30. The molecule has 0 aliphatic heterocycles. The summed E-state index contributed by atoms with van der Waals surface area (Å²) >= 11 is 0. The number of nitro groups is 1. The molecule has 0 heterocycles. The zero-order chi connectivity index (χ0) is 15.6. The van der Waals surface area contributed by atoms with Gasteiger partial charge in [-0.2, -0.15) is 5.26 Å². The van der Waals surface area contributed by atoms with E-state index in [-0.39, 0.29) is 22.2 Å². The van der Waals surface area contributed by atoms with Gasteiger partial charge in [-0.1, -0.05) is 0 Å². The van der Waals surface area contributed by atoms with Crippen LogP contribution in [0.5, 0.6) is 0 Å². The van der Waals surface area contributed by atoms with Crippen LogP contribution in [0.2, 0.25) is 0 Å². The standard InChI is InChI=1S/C12H14N4O4S/c13-6-8-3-9(4-8)7-15-11-2-1-10(21(14,19)20)5-12(11)16(17)18/h1-2,5,8-9,15H,3-4,7H2,(H2,14,19,20). The molecule has 0 atom stereocenters. The lowest BCUT2D eigenvalue weighted by molar-refractivity contribution is -0.384. The molecule has 0 saturated heterocycles. The Morgan fingerprint density at radius 3 is 2.67 bits per heavy atom. The van der Waals surface area contributed by atoms with Crippen LogP contribution in [0.1, 0.15) is 12.8 Å². The van der Waals surface area contributed by atoms with Crippen molar-refractivity contribution >= 4 is 21.4 Å². The molecule has 0 bridgehead atoms. The van der Waals surface area contributed by atoms with Gasteiger partial charge in [-0.25, -0.2) is 13.6 Å². The summed E-state index contributed by atoms with van der Waals surface area (Å²) in [5.74, 6) is 0.365. The Kier molecular flexibility index (Phi) is 4.11. The molecule has 3 N–H and O–H groups in total. The summed E-state index contributed by atoms with van der Waals surface area (Å²) in [6.45, 7) is 0.508. The fourth-order valence-electron chi connectivity index (χ4n) is 2.25. The largest absolute Gasteiger partial charge is 0.379 e. The Labute approximate surface area is 121 Å². The lowest BCUT2D eigenvalue weighted by Crippen LogP contribution is -2.28. The third-order valence-electron chi connectivity index (χ3n) is 3.49. The highest BCUT2D eigenvalue weighted by atomic mass is 32.2. The number of nitriles is 1. The van der Waals surface area contributed by atoms with Crippen molar-refractivity contribution in [3.05, 3.63) is 28.3 Å². The Bertz CT molecular complexity index is 704. The van der Waals surface area contributed by atoms with E-state index in [1.807, 2.05) is 0 Å². The topological polar surface area (TPSA) is 139 Å². The number of hydrogen-bond donors (Lipinski definition) is 2. The number of sulfonamides is 1. The van der Waals surface area contributed by atoms with Gasteiger partial charge in [0.15, 0.2) is 0 Å². The van der Waals surface area contributed by atoms with E-state index in [9.17, 15) is 18.5 Å². The molecule has 2 rings (SSSR count). The van der Waals surface area contributed by atoms with Gasteiger partial charge < -0.3 is 5.32 Å². The number of hydrogen-bond acceptors (Lipinski definition) is 6. The molecular formula is C12H14N4O4S. The first-order valence-corrected chi connectivity index (χ1v) is 7.80. The molecule has 8 nitrogen and oxygen atoms in total. The quantitative estimate of drug-likeness (QED) is 0.618. The maximum Gasteiger partial charge on any atom is 0.293 e. The molecular weight excluding hydrogens is 296 g/mol. The molecule has 1 aromatic rings. The van der Waals surface area contributed by atoms with E-state index in [0.29, 0.717) is 12.5 Å². The third kappa shape index (κ3) is 3.48. The molecule has 1 aliphatic rings. The first-order valence-electron chi connectivity index (χ1n) is 6.26. The Hall–Kier alpha value is -2.18. The summed E-state index contributed by atoms with van der Waals surface area (Å²) < 4.78 is 22.4. The number of benzene rings is 1. The molecule has 9 heteroatoms. The minimum Gasteiger partial charge on any atom is -0.379 e.